The van der Waals surface area contributed by atoms with E-state index in [1.54, 1.807) is 0 Å². The molecule has 3 heteroatoms. The van der Waals surface area contributed by atoms with Gasteiger partial charge in [-0.3, -0.25) is 0 Å². The number of benzene rings is 1. The Bertz CT molecular complexity index is 435. The summed E-state index contributed by atoms with van der Waals surface area (Å²) in [6, 6.07) is 5.84. The highest BCUT2D eigenvalue weighted by Crippen LogP contribution is 2.34. The van der Waals surface area contributed by atoms with Crippen molar-refractivity contribution in [1.82, 2.24) is 0 Å². The molecule has 0 spiro atoms. The Morgan fingerprint density at radius 1 is 1.28 bits per heavy atom. The van der Waals surface area contributed by atoms with Crippen LogP contribution < -0.4 is 4.74 Å². The van der Waals surface area contributed by atoms with Gasteiger partial charge >= 0.3 is 0 Å². The van der Waals surface area contributed by atoms with Crippen LogP contribution in [0.3, 0.4) is 0 Å². The zero-order valence-electron chi connectivity index (χ0n) is 10.6. The van der Waals surface area contributed by atoms with E-state index in [-0.39, 0.29) is 6.10 Å². The number of hydrogen-bond acceptors (Lipinski definition) is 3. The van der Waals surface area contributed by atoms with Crippen molar-refractivity contribution in [2.45, 2.75) is 50.2 Å². The quantitative estimate of drug-likeness (QED) is 0.863. The summed E-state index contributed by atoms with van der Waals surface area (Å²) in [6.45, 7) is 0.383. The van der Waals surface area contributed by atoms with E-state index in [9.17, 15) is 10.2 Å². The summed E-state index contributed by atoms with van der Waals surface area (Å²) >= 11 is 0. The Hall–Kier alpha value is -1.06. The molecule has 0 amide bonds. The highest BCUT2D eigenvalue weighted by atomic mass is 16.5. The average molecular weight is 248 g/mol. The zero-order chi connectivity index (χ0) is 12.6. The first-order valence-electron chi connectivity index (χ1n) is 6.82. The molecule has 0 bridgehead atoms. The van der Waals surface area contributed by atoms with Crippen LogP contribution in [0.2, 0.25) is 0 Å². The van der Waals surface area contributed by atoms with Gasteiger partial charge in [-0.15, -0.1) is 0 Å². The number of rotatable bonds is 3. The van der Waals surface area contributed by atoms with Gasteiger partial charge < -0.3 is 14.9 Å². The minimum atomic E-state index is -0.626. The maximum atomic E-state index is 10.2. The molecule has 98 valence electrons. The minimum absolute atomic E-state index is 0.312. The molecule has 0 aromatic heterocycles. The lowest BCUT2D eigenvalue weighted by atomic mass is 10.0. The monoisotopic (exact) mass is 248 g/mol. The second-order valence-electron chi connectivity index (χ2n) is 5.64. The summed E-state index contributed by atoms with van der Waals surface area (Å²) in [5.41, 5.74) is 1.58. The molecule has 1 aromatic rings. The molecule has 1 fully saturated rings. The van der Waals surface area contributed by atoms with Gasteiger partial charge in [0.15, 0.2) is 0 Å². The van der Waals surface area contributed by atoms with Gasteiger partial charge in [0.25, 0.3) is 0 Å². The molecule has 1 atom stereocenters. The predicted molar refractivity (Wildman–Crippen MR) is 68.6 cm³/mol. The summed E-state index contributed by atoms with van der Waals surface area (Å²) < 4.78 is 5.72. The molecule has 1 saturated carbocycles. The third-order valence-corrected chi connectivity index (χ3v) is 4.20. The van der Waals surface area contributed by atoms with Crippen LogP contribution in [0.25, 0.3) is 0 Å². The molecule has 18 heavy (non-hydrogen) atoms. The van der Waals surface area contributed by atoms with Crippen LogP contribution in [0.4, 0.5) is 0 Å². The first kappa shape index (κ1) is 12.0. The lowest BCUT2D eigenvalue weighted by Crippen LogP contribution is -2.32. The zero-order valence-corrected chi connectivity index (χ0v) is 10.6. The fraction of sp³-hybridized carbons (Fsp3) is 0.600. The van der Waals surface area contributed by atoms with Crippen molar-refractivity contribution in [3.05, 3.63) is 29.3 Å². The van der Waals surface area contributed by atoms with Crippen molar-refractivity contribution in [1.29, 1.82) is 0 Å². The minimum Gasteiger partial charge on any atom is -0.491 e. The molecule has 3 nitrogen and oxygen atoms in total. The molecule has 2 aliphatic rings. The van der Waals surface area contributed by atoms with Crippen LogP contribution in [-0.2, 0) is 6.42 Å². The normalized spacial score (nSPS) is 25.1. The molecule has 0 aliphatic heterocycles. The van der Waals surface area contributed by atoms with Gasteiger partial charge in [-0.05, 0) is 48.9 Å². The third kappa shape index (κ3) is 2.25. The molecular weight excluding hydrogens is 228 g/mol. The topological polar surface area (TPSA) is 49.7 Å². The highest BCUT2D eigenvalue weighted by molar-refractivity contribution is 5.39. The number of aliphatic hydroxyl groups excluding tert-OH is 1. The molecule has 1 aromatic carbocycles. The Labute approximate surface area is 107 Å². The number of aryl methyl sites for hydroxylation is 1. The largest absolute Gasteiger partial charge is 0.491 e. The Morgan fingerprint density at radius 3 is 2.83 bits per heavy atom. The van der Waals surface area contributed by atoms with Gasteiger partial charge in [0.2, 0.25) is 0 Å². The molecule has 0 radical (unpaired) electrons. The summed E-state index contributed by atoms with van der Waals surface area (Å²) in [7, 11) is 0. The Kier molecular flexibility index (Phi) is 3.04. The third-order valence-electron chi connectivity index (χ3n) is 4.20. The average Bonchev–Trinajstić information content (AvgIpc) is 2.95. The van der Waals surface area contributed by atoms with Crippen LogP contribution in [0.5, 0.6) is 5.75 Å². The van der Waals surface area contributed by atoms with Crippen molar-refractivity contribution >= 4 is 0 Å². The molecule has 0 unspecified atom stereocenters. The fourth-order valence-corrected chi connectivity index (χ4v) is 3.06. The van der Waals surface area contributed by atoms with Crippen LogP contribution >= 0.6 is 0 Å². The smallest absolute Gasteiger partial charge is 0.119 e. The van der Waals surface area contributed by atoms with Gasteiger partial charge in [0.05, 0.1) is 11.7 Å². The van der Waals surface area contributed by atoms with E-state index in [0.29, 0.717) is 6.61 Å². The molecule has 2 N–H and O–H groups in total. The van der Waals surface area contributed by atoms with E-state index < -0.39 is 5.60 Å². The number of aliphatic hydroxyl groups is 2. The number of hydrogen-bond donors (Lipinski definition) is 2. The number of ether oxygens (including phenoxy) is 1. The van der Waals surface area contributed by atoms with Crippen molar-refractivity contribution in [3.8, 4) is 5.75 Å². The van der Waals surface area contributed by atoms with Gasteiger partial charge in [0, 0.05) is 0 Å². The van der Waals surface area contributed by atoms with Crippen LogP contribution in [0.1, 0.15) is 49.3 Å². The molecule has 0 heterocycles. The SMILES string of the molecule is O[C@H]1CCc2cc(OCC3(O)CCCC3)ccc21. The van der Waals surface area contributed by atoms with E-state index >= 15 is 0 Å². The van der Waals surface area contributed by atoms with Gasteiger partial charge in [-0.1, -0.05) is 18.9 Å². The molecule has 3 rings (SSSR count). The van der Waals surface area contributed by atoms with Crippen molar-refractivity contribution in [2.75, 3.05) is 6.61 Å². The van der Waals surface area contributed by atoms with Crippen LogP contribution in [-0.4, -0.2) is 22.4 Å². The van der Waals surface area contributed by atoms with Crippen LogP contribution in [0.15, 0.2) is 18.2 Å². The van der Waals surface area contributed by atoms with E-state index in [4.69, 9.17) is 4.74 Å². The maximum Gasteiger partial charge on any atom is 0.119 e. The maximum absolute atomic E-state index is 10.2. The van der Waals surface area contributed by atoms with Gasteiger partial charge in [-0.2, -0.15) is 0 Å². The molecule has 2 aliphatic carbocycles. The lowest BCUT2D eigenvalue weighted by Gasteiger charge is -2.22. The van der Waals surface area contributed by atoms with E-state index in [1.165, 1.54) is 5.56 Å². The lowest BCUT2D eigenvalue weighted by molar-refractivity contribution is 0.00138. The van der Waals surface area contributed by atoms with E-state index in [2.05, 4.69) is 0 Å². The van der Waals surface area contributed by atoms with Gasteiger partial charge in [-0.25, -0.2) is 0 Å². The van der Waals surface area contributed by atoms with E-state index in [0.717, 1.165) is 49.8 Å². The first-order valence-corrected chi connectivity index (χ1v) is 6.82. The molecular formula is C15H20O3. The number of fused-ring (bicyclic) bond motifs is 1. The predicted octanol–water partition coefficient (Wildman–Crippen LogP) is 2.35. The Morgan fingerprint density at radius 2 is 2.06 bits per heavy atom. The second kappa shape index (κ2) is 4.56. The summed E-state index contributed by atoms with van der Waals surface area (Å²) in [5.74, 6) is 0.808. The van der Waals surface area contributed by atoms with Crippen molar-refractivity contribution in [2.24, 2.45) is 0 Å². The van der Waals surface area contributed by atoms with Crippen molar-refractivity contribution in [3.63, 3.8) is 0 Å². The second-order valence-corrected chi connectivity index (χ2v) is 5.64. The van der Waals surface area contributed by atoms with Gasteiger partial charge in [0.1, 0.15) is 12.4 Å². The standard InChI is InChI=1S/C15H20O3/c16-14-6-3-11-9-12(4-5-13(11)14)18-10-15(17)7-1-2-8-15/h4-5,9,14,16-17H,1-3,6-8,10H2/t14-/m0/s1. The molecule has 0 saturated heterocycles. The van der Waals surface area contributed by atoms with E-state index in [1.807, 2.05) is 18.2 Å². The highest BCUT2D eigenvalue weighted by Gasteiger charge is 2.32. The fourth-order valence-electron chi connectivity index (χ4n) is 3.06. The Balaban J connectivity index is 1.67. The van der Waals surface area contributed by atoms with Crippen molar-refractivity contribution < 1.29 is 14.9 Å². The summed E-state index contributed by atoms with van der Waals surface area (Å²) in [6.07, 6.45) is 5.29. The summed E-state index contributed by atoms with van der Waals surface area (Å²) in [4.78, 5) is 0. The summed E-state index contributed by atoms with van der Waals surface area (Å²) in [5, 5.41) is 20.0. The first-order chi connectivity index (χ1) is 8.66. The van der Waals surface area contributed by atoms with Crippen LogP contribution in [0, 0.1) is 0 Å².